The summed E-state index contributed by atoms with van der Waals surface area (Å²) in [4.78, 5) is 16.2. The summed E-state index contributed by atoms with van der Waals surface area (Å²) in [5.74, 6) is 0.788. The Morgan fingerprint density at radius 3 is 3.18 bits per heavy atom. The summed E-state index contributed by atoms with van der Waals surface area (Å²) in [7, 11) is 0. The van der Waals surface area contributed by atoms with E-state index in [1.54, 1.807) is 0 Å². The Bertz CT molecular complexity index is 663. The molecule has 116 valence electrons. The van der Waals surface area contributed by atoms with E-state index in [0.29, 0.717) is 11.1 Å². The van der Waals surface area contributed by atoms with Gasteiger partial charge in [-0.3, -0.25) is 4.79 Å². The lowest BCUT2D eigenvalue weighted by Crippen LogP contribution is -2.23. The first-order valence-corrected chi connectivity index (χ1v) is 8.52. The molecule has 1 atom stereocenters. The highest BCUT2D eigenvalue weighted by atomic mass is 32.2. The summed E-state index contributed by atoms with van der Waals surface area (Å²) in [5, 5.41) is 4.75. The summed E-state index contributed by atoms with van der Waals surface area (Å²) in [5.41, 5.74) is 5.28. The fourth-order valence-electron chi connectivity index (χ4n) is 2.58. The molecule has 1 aromatic carbocycles. The molecule has 0 aliphatic heterocycles. The topological polar surface area (TPSA) is 67.5 Å². The molecule has 0 bridgehead atoms. The number of carbonyl (C=O) groups is 1. The smallest absolute Gasteiger partial charge is 0.257 e. The third-order valence-electron chi connectivity index (χ3n) is 3.69. The van der Waals surface area contributed by atoms with Crippen molar-refractivity contribution in [3.8, 4) is 0 Å². The van der Waals surface area contributed by atoms with Gasteiger partial charge in [-0.2, -0.15) is 5.10 Å². The second-order valence-corrected chi connectivity index (χ2v) is 6.58. The first kappa shape index (κ1) is 15.1. The number of nitrogens with one attached hydrogen (secondary N) is 1. The summed E-state index contributed by atoms with van der Waals surface area (Å²) in [6.45, 7) is 2.22. The molecule has 1 amide bonds. The second-order valence-electron chi connectivity index (χ2n) is 5.65. The number of nitrogens with zero attached hydrogens (tertiary/aromatic N) is 2. The third kappa shape index (κ3) is 3.88. The number of hydrogen-bond acceptors (Lipinski definition) is 5. The normalized spacial score (nSPS) is 20.4. The van der Waals surface area contributed by atoms with Crippen molar-refractivity contribution in [3.05, 3.63) is 24.3 Å². The van der Waals surface area contributed by atoms with E-state index in [4.69, 9.17) is 4.42 Å². The van der Waals surface area contributed by atoms with Crippen molar-refractivity contribution in [2.45, 2.75) is 37.8 Å². The van der Waals surface area contributed by atoms with Crippen LogP contribution in [0.2, 0.25) is 0 Å². The van der Waals surface area contributed by atoms with E-state index in [1.807, 2.05) is 24.3 Å². The highest BCUT2D eigenvalue weighted by molar-refractivity contribution is 7.99. The Hall–Kier alpha value is -1.82. The molecule has 2 aromatic rings. The predicted molar refractivity (Wildman–Crippen MR) is 87.9 cm³/mol. The average Bonchev–Trinajstić information content (AvgIpc) is 2.94. The zero-order valence-electron chi connectivity index (χ0n) is 12.5. The Labute approximate surface area is 133 Å². The van der Waals surface area contributed by atoms with Crippen molar-refractivity contribution in [1.29, 1.82) is 0 Å². The molecule has 6 heteroatoms. The highest BCUT2D eigenvalue weighted by Gasteiger charge is 2.14. The van der Waals surface area contributed by atoms with E-state index in [0.717, 1.165) is 36.1 Å². The third-order valence-corrected chi connectivity index (χ3v) is 4.51. The van der Waals surface area contributed by atoms with Crippen LogP contribution in [0, 0.1) is 5.92 Å². The quantitative estimate of drug-likeness (QED) is 0.691. The summed E-state index contributed by atoms with van der Waals surface area (Å²) < 4.78 is 5.56. The monoisotopic (exact) mass is 317 g/mol. The zero-order valence-corrected chi connectivity index (χ0v) is 13.4. The number of carbonyl (C=O) groups excluding carboxylic acids is 1. The molecule has 1 saturated carbocycles. The number of para-hydroxylation sites is 2. The van der Waals surface area contributed by atoms with Crippen LogP contribution in [0.1, 0.15) is 32.6 Å². The fraction of sp³-hybridized carbons (Fsp3) is 0.438. The van der Waals surface area contributed by atoms with Crippen LogP contribution in [-0.2, 0) is 4.79 Å². The van der Waals surface area contributed by atoms with Crippen molar-refractivity contribution in [2.24, 2.45) is 11.0 Å². The van der Waals surface area contributed by atoms with Crippen molar-refractivity contribution in [1.82, 2.24) is 10.4 Å². The minimum atomic E-state index is -0.127. The molecule has 1 N–H and O–H groups in total. The summed E-state index contributed by atoms with van der Waals surface area (Å²) in [6, 6.07) is 7.56. The van der Waals surface area contributed by atoms with Gasteiger partial charge >= 0.3 is 0 Å². The van der Waals surface area contributed by atoms with Crippen LogP contribution in [0.4, 0.5) is 0 Å². The minimum Gasteiger partial charge on any atom is -0.431 e. The van der Waals surface area contributed by atoms with Crippen molar-refractivity contribution in [2.75, 3.05) is 5.75 Å². The van der Waals surface area contributed by atoms with E-state index in [-0.39, 0.29) is 11.7 Å². The maximum absolute atomic E-state index is 11.8. The van der Waals surface area contributed by atoms with Crippen LogP contribution in [0.3, 0.4) is 0 Å². The molecule has 0 saturated heterocycles. The fourth-order valence-corrected chi connectivity index (χ4v) is 3.21. The van der Waals surface area contributed by atoms with Gasteiger partial charge in [0, 0.05) is 5.71 Å². The maximum Gasteiger partial charge on any atom is 0.257 e. The first-order chi connectivity index (χ1) is 10.7. The molecular weight excluding hydrogens is 298 g/mol. The number of rotatable bonds is 4. The van der Waals surface area contributed by atoms with Gasteiger partial charge in [0.2, 0.25) is 0 Å². The number of fused-ring (bicyclic) bond motifs is 1. The van der Waals surface area contributed by atoms with Gasteiger partial charge in [-0.15, -0.1) is 0 Å². The molecule has 3 rings (SSSR count). The van der Waals surface area contributed by atoms with Gasteiger partial charge in [-0.25, -0.2) is 10.4 Å². The van der Waals surface area contributed by atoms with Crippen molar-refractivity contribution >= 4 is 34.5 Å². The number of thioether (sulfide) groups is 1. The molecule has 22 heavy (non-hydrogen) atoms. The number of amides is 1. The van der Waals surface area contributed by atoms with Crippen LogP contribution in [0.15, 0.2) is 39.0 Å². The van der Waals surface area contributed by atoms with Gasteiger partial charge in [-0.1, -0.05) is 30.8 Å². The van der Waals surface area contributed by atoms with Crippen LogP contribution >= 0.6 is 11.8 Å². The Balaban J connectivity index is 1.50. The SMILES string of the molecule is C[C@@H]1CCC/C(=N\NC(=O)CSc2nc3ccccc3o2)C1. The van der Waals surface area contributed by atoms with E-state index in [9.17, 15) is 4.79 Å². The minimum absolute atomic E-state index is 0.127. The van der Waals surface area contributed by atoms with Gasteiger partial charge < -0.3 is 4.42 Å². The van der Waals surface area contributed by atoms with Crippen molar-refractivity contribution < 1.29 is 9.21 Å². The molecule has 1 fully saturated rings. The van der Waals surface area contributed by atoms with E-state index >= 15 is 0 Å². The lowest BCUT2D eigenvalue weighted by molar-refractivity contribution is -0.118. The van der Waals surface area contributed by atoms with Gasteiger partial charge in [0.05, 0.1) is 5.75 Å². The zero-order chi connectivity index (χ0) is 15.4. The molecule has 0 spiro atoms. The lowest BCUT2D eigenvalue weighted by atomic mass is 9.89. The number of hydrogen-bond donors (Lipinski definition) is 1. The first-order valence-electron chi connectivity index (χ1n) is 7.53. The highest BCUT2D eigenvalue weighted by Crippen LogP contribution is 2.23. The molecule has 1 aliphatic rings. The molecule has 0 unspecified atom stereocenters. The summed E-state index contributed by atoms with van der Waals surface area (Å²) in [6.07, 6.45) is 4.38. The maximum atomic E-state index is 11.8. The number of hydrazone groups is 1. The number of oxazole rings is 1. The van der Waals surface area contributed by atoms with E-state index in [1.165, 1.54) is 18.2 Å². The van der Waals surface area contributed by atoms with Gasteiger partial charge in [0.15, 0.2) is 5.58 Å². The second kappa shape index (κ2) is 6.96. The Kier molecular flexibility index (Phi) is 4.77. The van der Waals surface area contributed by atoms with Crippen LogP contribution in [0.25, 0.3) is 11.1 Å². The van der Waals surface area contributed by atoms with E-state index in [2.05, 4.69) is 22.4 Å². The summed E-state index contributed by atoms with van der Waals surface area (Å²) >= 11 is 1.28. The molecule has 0 radical (unpaired) electrons. The average molecular weight is 317 g/mol. The number of aromatic nitrogens is 1. The molecule has 1 heterocycles. The molecule has 1 aliphatic carbocycles. The van der Waals surface area contributed by atoms with Crippen LogP contribution < -0.4 is 5.43 Å². The van der Waals surface area contributed by atoms with Crippen molar-refractivity contribution in [3.63, 3.8) is 0 Å². The largest absolute Gasteiger partial charge is 0.431 e. The lowest BCUT2D eigenvalue weighted by Gasteiger charge is -2.18. The van der Waals surface area contributed by atoms with Gasteiger partial charge in [0.25, 0.3) is 11.1 Å². The van der Waals surface area contributed by atoms with E-state index < -0.39 is 0 Å². The Morgan fingerprint density at radius 1 is 1.50 bits per heavy atom. The van der Waals surface area contributed by atoms with Gasteiger partial charge in [0.1, 0.15) is 5.52 Å². The van der Waals surface area contributed by atoms with Crippen LogP contribution in [0.5, 0.6) is 0 Å². The standard InChI is InChI=1S/C16H19N3O2S/c1-11-5-4-6-12(9-11)18-19-15(20)10-22-16-17-13-7-2-3-8-14(13)21-16/h2-3,7-8,11H,4-6,9-10H2,1H3,(H,19,20)/b18-12+/t11-/m1/s1. The predicted octanol–water partition coefficient (Wildman–Crippen LogP) is 3.60. The van der Waals surface area contributed by atoms with Crippen LogP contribution in [-0.4, -0.2) is 22.4 Å². The molecule has 1 aromatic heterocycles. The molecular formula is C16H19N3O2S. The molecule has 5 nitrogen and oxygen atoms in total. The van der Waals surface area contributed by atoms with Gasteiger partial charge in [-0.05, 0) is 43.7 Å². The number of benzene rings is 1. The Morgan fingerprint density at radius 2 is 2.36 bits per heavy atom.